The third kappa shape index (κ3) is 3.47. The number of carbonyl (C=O) groups excluding carboxylic acids is 1. The number of amides is 2. The van der Waals surface area contributed by atoms with Crippen molar-refractivity contribution in [2.75, 3.05) is 43.9 Å². The van der Waals surface area contributed by atoms with Gasteiger partial charge in [-0.05, 0) is 18.6 Å². The Kier molecular flexibility index (Phi) is 4.97. The van der Waals surface area contributed by atoms with Gasteiger partial charge in [-0.1, -0.05) is 6.92 Å². The zero-order valence-corrected chi connectivity index (χ0v) is 14.6. The number of nitrogens with zero attached hydrogens (tertiary/aromatic N) is 5. The molecule has 8 heteroatoms. The van der Waals surface area contributed by atoms with Crippen molar-refractivity contribution in [1.82, 2.24) is 25.2 Å². The lowest BCUT2D eigenvalue weighted by molar-refractivity contribution is 0.196. The summed E-state index contributed by atoms with van der Waals surface area (Å²) in [4.78, 5) is 29.0. The number of aromatic nitrogens is 3. The van der Waals surface area contributed by atoms with Crippen LogP contribution in [0.5, 0.6) is 0 Å². The first-order valence-corrected chi connectivity index (χ1v) is 8.41. The van der Waals surface area contributed by atoms with E-state index in [0.717, 1.165) is 42.1 Å². The molecule has 1 fully saturated rings. The highest BCUT2D eigenvalue weighted by Gasteiger charge is 2.24. The number of nitrogen functional groups attached to an aromatic ring is 1. The molecule has 0 unspecified atom stereocenters. The predicted molar refractivity (Wildman–Crippen MR) is 97.3 cm³/mol. The first kappa shape index (κ1) is 16.9. The Balaban J connectivity index is 1.92. The second kappa shape index (κ2) is 7.33. The molecule has 3 rings (SSSR count). The van der Waals surface area contributed by atoms with Crippen molar-refractivity contribution >= 4 is 17.7 Å². The molecule has 0 aromatic carbocycles. The highest BCUT2D eigenvalue weighted by Crippen LogP contribution is 2.32. The van der Waals surface area contributed by atoms with Crippen LogP contribution in [0.4, 0.5) is 16.4 Å². The van der Waals surface area contributed by atoms with Crippen molar-refractivity contribution in [3.63, 3.8) is 0 Å². The standard InChI is InChI=1S/C17H23N7O/c1-3-13-15(12-4-5-14(18)20-10-12)16(22-11-21-13)23-6-8-24(9-7-23)17(25)19-2/h4-5,10-11H,3,6-9H2,1-2H3,(H2,18,20)(H,19,25). The van der Waals surface area contributed by atoms with E-state index in [4.69, 9.17) is 5.73 Å². The first-order valence-electron chi connectivity index (χ1n) is 8.41. The number of anilines is 2. The Labute approximate surface area is 147 Å². The van der Waals surface area contributed by atoms with Gasteiger partial charge in [0.25, 0.3) is 0 Å². The fraction of sp³-hybridized carbons (Fsp3) is 0.412. The zero-order chi connectivity index (χ0) is 17.8. The molecule has 2 amide bonds. The van der Waals surface area contributed by atoms with E-state index in [1.54, 1.807) is 25.6 Å². The molecule has 0 atom stereocenters. The van der Waals surface area contributed by atoms with Gasteiger partial charge in [-0.2, -0.15) is 0 Å². The Hall–Kier alpha value is -2.90. The molecule has 0 saturated carbocycles. The average molecular weight is 341 g/mol. The molecule has 0 spiro atoms. The van der Waals surface area contributed by atoms with Gasteiger partial charge in [-0.3, -0.25) is 0 Å². The maximum Gasteiger partial charge on any atom is 0.317 e. The fourth-order valence-electron chi connectivity index (χ4n) is 3.05. The first-order chi connectivity index (χ1) is 12.1. The van der Waals surface area contributed by atoms with Crippen molar-refractivity contribution in [2.45, 2.75) is 13.3 Å². The molecule has 0 bridgehead atoms. The smallest absolute Gasteiger partial charge is 0.317 e. The van der Waals surface area contributed by atoms with Crippen molar-refractivity contribution in [1.29, 1.82) is 0 Å². The van der Waals surface area contributed by atoms with Crippen LogP contribution in [0, 0.1) is 0 Å². The third-order valence-electron chi connectivity index (χ3n) is 4.40. The van der Waals surface area contributed by atoms with E-state index < -0.39 is 0 Å². The van der Waals surface area contributed by atoms with E-state index >= 15 is 0 Å². The molecule has 0 aliphatic carbocycles. The number of nitrogens with two attached hydrogens (primary N) is 1. The van der Waals surface area contributed by atoms with Crippen LogP contribution in [0.25, 0.3) is 11.1 Å². The second-order valence-electron chi connectivity index (χ2n) is 5.87. The Morgan fingerprint density at radius 1 is 1.20 bits per heavy atom. The van der Waals surface area contributed by atoms with E-state index in [1.807, 2.05) is 11.0 Å². The van der Waals surface area contributed by atoms with E-state index in [0.29, 0.717) is 18.9 Å². The summed E-state index contributed by atoms with van der Waals surface area (Å²) in [7, 11) is 1.65. The van der Waals surface area contributed by atoms with Gasteiger partial charge < -0.3 is 20.9 Å². The number of pyridine rings is 1. The minimum Gasteiger partial charge on any atom is -0.384 e. The van der Waals surface area contributed by atoms with Crippen LogP contribution in [-0.4, -0.2) is 59.1 Å². The summed E-state index contributed by atoms with van der Waals surface area (Å²) in [6, 6.07) is 3.69. The number of rotatable bonds is 3. The van der Waals surface area contributed by atoms with Crippen LogP contribution in [-0.2, 0) is 6.42 Å². The van der Waals surface area contributed by atoms with Crippen molar-refractivity contribution in [3.05, 3.63) is 30.4 Å². The molecule has 1 aliphatic rings. The molecule has 3 N–H and O–H groups in total. The van der Waals surface area contributed by atoms with Crippen LogP contribution < -0.4 is 16.0 Å². The number of hydrogen-bond donors (Lipinski definition) is 2. The second-order valence-corrected chi connectivity index (χ2v) is 5.87. The quantitative estimate of drug-likeness (QED) is 0.868. The van der Waals surface area contributed by atoms with Gasteiger partial charge in [-0.15, -0.1) is 0 Å². The van der Waals surface area contributed by atoms with Crippen LogP contribution in [0.15, 0.2) is 24.7 Å². The molecule has 1 aliphatic heterocycles. The monoisotopic (exact) mass is 341 g/mol. The lowest BCUT2D eigenvalue weighted by Crippen LogP contribution is -2.51. The van der Waals surface area contributed by atoms with Gasteiger partial charge in [-0.25, -0.2) is 19.7 Å². The fourth-order valence-corrected chi connectivity index (χ4v) is 3.05. The number of piperazine rings is 1. The Morgan fingerprint density at radius 2 is 1.96 bits per heavy atom. The maximum atomic E-state index is 11.8. The average Bonchev–Trinajstić information content (AvgIpc) is 2.67. The van der Waals surface area contributed by atoms with Crippen molar-refractivity contribution in [3.8, 4) is 11.1 Å². The van der Waals surface area contributed by atoms with Gasteiger partial charge in [0.1, 0.15) is 18.0 Å². The summed E-state index contributed by atoms with van der Waals surface area (Å²) in [5, 5.41) is 2.67. The normalized spacial score (nSPS) is 14.5. The summed E-state index contributed by atoms with van der Waals surface area (Å²) >= 11 is 0. The molecule has 8 nitrogen and oxygen atoms in total. The highest BCUT2D eigenvalue weighted by atomic mass is 16.2. The van der Waals surface area contributed by atoms with Crippen LogP contribution in [0.1, 0.15) is 12.6 Å². The van der Waals surface area contributed by atoms with Crippen LogP contribution in [0.3, 0.4) is 0 Å². The Morgan fingerprint density at radius 3 is 2.56 bits per heavy atom. The summed E-state index contributed by atoms with van der Waals surface area (Å²) in [5.41, 5.74) is 8.64. The topological polar surface area (TPSA) is 100 Å². The molecule has 25 heavy (non-hydrogen) atoms. The number of aryl methyl sites for hydroxylation is 1. The lowest BCUT2D eigenvalue weighted by Gasteiger charge is -2.36. The lowest BCUT2D eigenvalue weighted by atomic mass is 10.0. The molecule has 0 radical (unpaired) electrons. The van der Waals surface area contributed by atoms with E-state index in [-0.39, 0.29) is 6.03 Å². The van der Waals surface area contributed by atoms with Crippen molar-refractivity contribution in [2.24, 2.45) is 0 Å². The summed E-state index contributed by atoms with van der Waals surface area (Å²) in [5.74, 6) is 1.37. The molecule has 132 valence electrons. The van der Waals surface area contributed by atoms with E-state index in [1.165, 1.54) is 0 Å². The largest absolute Gasteiger partial charge is 0.384 e. The van der Waals surface area contributed by atoms with E-state index in [9.17, 15) is 4.79 Å². The maximum absolute atomic E-state index is 11.8. The van der Waals surface area contributed by atoms with Crippen molar-refractivity contribution < 1.29 is 4.79 Å². The number of carbonyl (C=O) groups is 1. The number of nitrogens with one attached hydrogen (secondary N) is 1. The van der Waals surface area contributed by atoms with Gasteiger partial charge in [0.15, 0.2) is 0 Å². The van der Waals surface area contributed by atoms with Gasteiger partial charge in [0.05, 0.1) is 5.69 Å². The van der Waals surface area contributed by atoms with Crippen LogP contribution >= 0.6 is 0 Å². The summed E-state index contributed by atoms with van der Waals surface area (Å²) < 4.78 is 0. The Bertz CT molecular complexity index is 739. The van der Waals surface area contributed by atoms with E-state index in [2.05, 4.69) is 32.1 Å². The minimum absolute atomic E-state index is 0.0421. The molecule has 2 aromatic rings. The van der Waals surface area contributed by atoms with Crippen LogP contribution in [0.2, 0.25) is 0 Å². The molecule has 2 aromatic heterocycles. The molecule has 3 heterocycles. The summed E-state index contributed by atoms with van der Waals surface area (Å²) in [6.07, 6.45) is 4.17. The molecular weight excluding hydrogens is 318 g/mol. The number of urea groups is 1. The zero-order valence-electron chi connectivity index (χ0n) is 14.6. The molecular formula is C17H23N7O. The molecule has 1 saturated heterocycles. The summed E-state index contributed by atoms with van der Waals surface area (Å²) in [6.45, 7) is 4.84. The third-order valence-corrected chi connectivity index (χ3v) is 4.40. The predicted octanol–water partition coefficient (Wildman–Crippen LogP) is 1.14. The SMILES string of the molecule is CCc1ncnc(N2CCN(C(=O)NC)CC2)c1-c1ccc(N)nc1. The van der Waals surface area contributed by atoms with Gasteiger partial charge in [0.2, 0.25) is 0 Å². The van der Waals surface area contributed by atoms with Gasteiger partial charge >= 0.3 is 6.03 Å². The minimum atomic E-state index is -0.0421. The number of hydrogen-bond acceptors (Lipinski definition) is 6. The highest BCUT2D eigenvalue weighted by molar-refractivity contribution is 5.78. The van der Waals surface area contributed by atoms with Gasteiger partial charge in [0, 0.05) is 50.6 Å².